The molecule has 204 valence electrons. The molecule has 0 fully saturated rings. The van der Waals surface area contributed by atoms with Gasteiger partial charge in [0.05, 0.1) is 29.5 Å². The van der Waals surface area contributed by atoms with Crippen molar-refractivity contribution >= 4 is 18.0 Å². The van der Waals surface area contributed by atoms with Crippen LogP contribution in [-0.2, 0) is 18.9 Å². The van der Waals surface area contributed by atoms with Crippen LogP contribution in [0, 0.1) is 10.1 Å². The van der Waals surface area contributed by atoms with Crippen LogP contribution in [0.1, 0.15) is 90.5 Å². The topological polar surface area (TPSA) is 126 Å². The first-order chi connectivity index (χ1) is 17.8. The Labute approximate surface area is 218 Å². The Morgan fingerprint density at radius 3 is 2.03 bits per heavy atom. The molecular formula is C27H38N2O8. The van der Waals surface area contributed by atoms with Gasteiger partial charge in [-0.25, -0.2) is 9.59 Å². The number of hydrogen-bond acceptors (Lipinski definition) is 9. The number of carbonyl (C=O) groups is 2. The van der Waals surface area contributed by atoms with Crippen LogP contribution in [0.4, 0.5) is 15.3 Å². The summed E-state index contributed by atoms with van der Waals surface area (Å²) in [4.78, 5) is 35.6. The molecule has 1 aromatic carbocycles. The number of hydrogen-bond donors (Lipinski definition) is 1. The fourth-order valence-electron chi connectivity index (χ4n) is 4.10. The van der Waals surface area contributed by atoms with E-state index in [2.05, 4.69) is 12.2 Å². The van der Waals surface area contributed by atoms with Crippen molar-refractivity contribution in [1.82, 2.24) is 5.32 Å². The molecule has 0 amide bonds. The average Bonchev–Trinajstić information content (AvgIpc) is 2.86. The number of dihydropyridines is 1. The largest absolute Gasteiger partial charge is 0.513 e. The number of rotatable bonds is 14. The lowest BCUT2D eigenvalue weighted by molar-refractivity contribution is -0.384. The van der Waals surface area contributed by atoms with Gasteiger partial charge >= 0.3 is 12.3 Å². The molecule has 0 bridgehead atoms. The number of carbonyl (C=O) groups excluding carboxylic acids is 2. The van der Waals surface area contributed by atoms with Gasteiger partial charge in [-0.3, -0.25) is 10.1 Å². The van der Waals surface area contributed by atoms with Gasteiger partial charge in [0.15, 0.2) is 0 Å². The molecule has 1 aromatic rings. The van der Waals surface area contributed by atoms with Gasteiger partial charge in [-0.15, -0.1) is 0 Å². The van der Waals surface area contributed by atoms with Gasteiger partial charge in [0.2, 0.25) is 0 Å². The highest BCUT2D eigenvalue weighted by atomic mass is 16.7. The number of non-ortho nitro benzene ring substituents is 1. The molecule has 1 heterocycles. The Kier molecular flexibility index (Phi) is 12.5. The third kappa shape index (κ3) is 9.44. The molecule has 1 aliphatic rings. The monoisotopic (exact) mass is 518 g/mol. The summed E-state index contributed by atoms with van der Waals surface area (Å²) in [5, 5.41) is 14.4. The fourth-order valence-corrected chi connectivity index (χ4v) is 4.10. The molecule has 0 spiro atoms. The van der Waals surface area contributed by atoms with Crippen molar-refractivity contribution in [1.29, 1.82) is 0 Å². The Balaban J connectivity index is 2.13. The van der Waals surface area contributed by atoms with Crippen molar-refractivity contribution in [2.24, 2.45) is 0 Å². The quantitative estimate of drug-likeness (QED) is 0.118. The minimum atomic E-state index is -0.940. The second-order valence-corrected chi connectivity index (χ2v) is 8.85. The zero-order valence-electron chi connectivity index (χ0n) is 22.2. The number of benzene rings is 1. The second kappa shape index (κ2) is 15.5. The van der Waals surface area contributed by atoms with Crippen molar-refractivity contribution in [3.63, 3.8) is 0 Å². The first-order valence-electron chi connectivity index (χ1n) is 12.9. The van der Waals surface area contributed by atoms with Crippen LogP contribution in [0.15, 0.2) is 47.2 Å². The molecule has 1 unspecified atom stereocenters. The van der Waals surface area contributed by atoms with Gasteiger partial charge in [-0.1, -0.05) is 64.0 Å². The lowest BCUT2D eigenvalue weighted by atomic mass is 9.90. The number of nitrogens with zero attached hydrogens (tertiary/aromatic N) is 1. The Hall–Kier alpha value is -3.56. The maximum atomic E-state index is 12.6. The van der Waals surface area contributed by atoms with Crippen molar-refractivity contribution in [3.8, 4) is 0 Å². The first-order valence-corrected chi connectivity index (χ1v) is 12.9. The molecule has 0 saturated heterocycles. The van der Waals surface area contributed by atoms with E-state index in [0.717, 1.165) is 19.3 Å². The van der Waals surface area contributed by atoms with Crippen molar-refractivity contribution < 1.29 is 33.5 Å². The molecule has 0 aliphatic carbocycles. The molecular weight excluding hydrogens is 480 g/mol. The Morgan fingerprint density at radius 2 is 1.46 bits per heavy atom. The summed E-state index contributed by atoms with van der Waals surface area (Å²) >= 11 is 0. The van der Waals surface area contributed by atoms with Gasteiger partial charge in [0.25, 0.3) is 5.69 Å². The van der Waals surface area contributed by atoms with E-state index in [1.807, 2.05) is 0 Å². The number of nitrogens with one attached hydrogen (secondary N) is 1. The van der Waals surface area contributed by atoms with Crippen LogP contribution in [-0.4, -0.2) is 30.4 Å². The lowest BCUT2D eigenvalue weighted by Gasteiger charge is -2.30. The molecule has 0 saturated carbocycles. The maximum absolute atomic E-state index is 12.6. The number of nitro groups is 1. The van der Waals surface area contributed by atoms with Gasteiger partial charge in [0.1, 0.15) is 17.4 Å². The average molecular weight is 519 g/mol. The second-order valence-electron chi connectivity index (χ2n) is 8.85. The lowest BCUT2D eigenvalue weighted by Crippen LogP contribution is -2.29. The Morgan fingerprint density at radius 1 is 0.892 bits per heavy atom. The van der Waals surface area contributed by atoms with Crippen molar-refractivity contribution in [3.05, 3.63) is 62.9 Å². The maximum Gasteiger partial charge on any atom is 0.513 e. The van der Waals surface area contributed by atoms with Crippen LogP contribution in [0.2, 0.25) is 0 Å². The summed E-state index contributed by atoms with van der Waals surface area (Å²) in [5.74, 6) is -0.692. The third-order valence-electron chi connectivity index (χ3n) is 5.92. The smallest absolute Gasteiger partial charge is 0.434 e. The molecule has 10 heteroatoms. The van der Waals surface area contributed by atoms with Crippen LogP contribution < -0.4 is 5.32 Å². The Bertz CT molecular complexity index is 1000. The first kappa shape index (κ1) is 29.7. The molecule has 1 atom stereocenters. The van der Waals surface area contributed by atoms with Crippen LogP contribution in [0.5, 0.6) is 0 Å². The normalized spacial score (nSPS) is 15.2. The number of allylic oxidation sites excluding steroid dienone is 2. The fraction of sp³-hybridized carbons (Fsp3) is 0.556. The summed E-state index contributed by atoms with van der Waals surface area (Å²) < 4.78 is 21.2. The van der Waals surface area contributed by atoms with E-state index in [1.54, 1.807) is 26.8 Å². The minimum Gasteiger partial charge on any atom is -0.434 e. The third-order valence-corrected chi connectivity index (χ3v) is 5.92. The molecule has 37 heavy (non-hydrogen) atoms. The standard InChI is InChI=1S/C27H38N2O8/c1-5-7-8-9-10-11-12-13-17-35-27(31)37-25-20(4)28-19(3)24(36-26(30)34-6-2)23(25)21-15-14-16-22(18-21)29(32)33/h14-16,18,23,28H,5-13,17H2,1-4H3. The highest BCUT2D eigenvalue weighted by molar-refractivity contribution is 5.65. The van der Waals surface area contributed by atoms with Gasteiger partial charge in [-0.2, -0.15) is 0 Å². The van der Waals surface area contributed by atoms with E-state index in [0.29, 0.717) is 17.0 Å². The number of unbranched alkanes of at least 4 members (excludes halogenated alkanes) is 7. The summed E-state index contributed by atoms with van der Waals surface area (Å²) in [7, 11) is 0. The van der Waals surface area contributed by atoms with Crippen LogP contribution >= 0.6 is 0 Å². The van der Waals surface area contributed by atoms with Gasteiger partial charge in [-0.05, 0) is 32.8 Å². The summed E-state index contributed by atoms with van der Waals surface area (Å²) in [6, 6.07) is 5.84. The van der Waals surface area contributed by atoms with E-state index in [-0.39, 0.29) is 30.4 Å². The summed E-state index contributed by atoms with van der Waals surface area (Å²) in [5.41, 5.74) is 1.20. The van der Waals surface area contributed by atoms with E-state index in [1.165, 1.54) is 50.3 Å². The molecule has 1 N–H and O–H groups in total. The predicted octanol–water partition coefficient (Wildman–Crippen LogP) is 7.21. The molecule has 0 radical (unpaired) electrons. The predicted molar refractivity (Wildman–Crippen MR) is 138 cm³/mol. The van der Waals surface area contributed by atoms with E-state index in [4.69, 9.17) is 18.9 Å². The number of nitro benzene ring substituents is 1. The van der Waals surface area contributed by atoms with Gasteiger partial charge in [0, 0.05) is 12.1 Å². The molecule has 1 aliphatic heterocycles. The summed E-state index contributed by atoms with van der Waals surface area (Å²) in [6.07, 6.45) is 7.05. The molecule has 10 nitrogen and oxygen atoms in total. The SMILES string of the molecule is CCCCCCCCCCOC(=O)OC1=C(C)NC(C)=C(OC(=O)OCC)C1c1cccc([N+](=O)[O-])c1. The van der Waals surface area contributed by atoms with Gasteiger partial charge < -0.3 is 24.3 Å². The summed E-state index contributed by atoms with van der Waals surface area (Å²) in [6.45, 7) is 7.52. The highest BCUT2D eigenvalue weighted by Gasteiger charge is 2.36. The molecule has 0 aromatic heterocycles. The highest BCUT2D eigenvalue weighted by Crippen LogP contribution is 2.40. The van der Waals surface area contributed by atoms with Crippen molar-refractivity contribution in [2.45, 2.75) is 85.0 Å². The van der Waals surface area contributed by atoms with E-state index >= 15 is 0 Å². The van der Waals surface area contributed by atoms with Crippen molar-refractivity contribution in [2.75, 3.05) is 13.2 Å². The van der Waals surface area contributed by atoms with E-state index < -0.39 is 23.2 Å². The van der Waals surface area contributed by atoms with Crippen LogP contribution in [0.25, 0.3) is 0 Å². The van der Waals surface area contributed by atoms with Crippen LogP contribution in [0.3, 0.4) is 0 Å². The van der Waals surface area contributed by atoms with E-state index in [9.17, 15) is 19.7 Å². The molecule has 2 rings (SSSR count). The zero-order chi connectivity index (χ0) is 27.2. The minimum absolute atomic E-state index is 0.101. The zero-order valence-corrected chi connectivity index (χ0v) is 22.2. The number of ether oxygens (including phenoxy) is 4.